The maximum Gasteiger partial charge on any atom is 0.237 e. The molecule has 3 N–H and O–H groups in total. The molecule has 0 saturated heterocycles. The predicted octanol–water partition coefficient (Wildman–Crippen LogP) is 3.67. The molecule has 0 bridgehead atoms. The highest BCUT2D eigenvalue weighted by molar-refractivity contribution is 8.00. The number of halogens is 2. The number of carbonyl (C=O) groups is 1. The van der Waals surface area contributed by atoms with E-state index in [1.165, 1.54) is 18.2 Å². The minimum absolute atomic E-state index is 0.145. The Morgan fingerprint density at radius 3 is 2.62 bits per heavy atom. The molecule has 0 radical (unpaired) electrons. The van der Waals surface area contributed by atoms with Gasteiger partial charge in [0.15, 0.2) is 0 Å². The van der Waals surface area contributed by atoms with Gasteiger partial charge in [-0.15, -0.1) is 11.8 Å². The second-order valence-corrected chi connectivity index (χ2v) is 5.79. The van der Waals surface area contributed by atoms with E-state index < -0.39 is 11.1 Å². The lowest BCUT2D eigenvalue weighted by Gasteiger charge is -2.13. The molecular weight excluding hydrogens is 294 g/mol. The van der Waals surface area contributed by atoms with E-state index in [0.717, 1.165) is 17.8 Å². The van der Waals surface area contributed by atoms with Gasteiger partial charge in [0.25, 0.3) is 0 Å². The third-order valence-electron chi connectivity index (χ3n) is 2.78. The van der Waals surface area contributed by atoms with E-state index in [1.54, 1.807) is 25.1 Å². The maximum atomic E-state index is 13.5. The first-order valence-electron chi connectivity index (χ1n) is 6.24. The van der Waals surface area contributed by atoms with E-state index >= 15 is 0 Å². The summed E-state index contributed by atoms with van der Waals surface area (Å²) in [5, 5.41) is 2.08. The van der Waals surface area contributed by atoms with Crippen LogP contribution in [0.15, 0.2) is 47.4 Å². The number of rotatable bonds is 4. The summed E-state index contributed by atoms with van der Waals surface area (Å²) in [5.74, 6) is -1.18. The van der Waals surface area contributed by atoms with Crippen LogP contribution in [0.3, 0.4) is 0 Å². The van der Waals surface area contributed by atoms with Crippen molar-refractivity contribution in [2.24, 2.45) is 0 Å². The molecule has 0 aromatic heterocycles. The highest BCUT2D eigenvalue weighted by Crippen LogP contribution is 2.27. The zero-order valence-electron chi connectivity index (χ0n) is 11.3. The van der Waals surface area contributed by atoms with Crippen molar-refractivity contribution in [2.75, 3.05) is 11.1 Å². The van der Waals surface area contributed by atoms with Crippen molar-refractivity contribution in [3.63, 3.8) is 0 Å². The van der Waals surface area contributed by atoms with Crippen molar-refractivity contribution in [3.05, 3.63) is 54.1 Å². The van der Waals surface area contributed by atoms with Crippen LogP contribution in [0, 0.1) is 11.6 Å². The lowest BCUT2D eigenvalue weighted by molar-refractivity contribution is -0.115. The Morgan fingerprint density at radius 1 is 1.24 bits per heavy atom. The number of nitrogens with two attached hydrogens (primary N) is 1. The molecule has 2 aromatic carbocycles. The molecular formula is C15H14F2N2OS. The van der Waals surface area contributed by atoms with Gasteiger partial charge in [0.1, 0.15) is 11.6 Å². The molecule has 1 unspecified atom stereocenters. The molecule has 0 fully saturated rings. The molecule has 0 aliphatic rings. The van der Waals surface area contributed by atoms with Gasteiger partial charge in [0.2, 0.25) is 5.91 Å². The van der Waals surface area contributed by atoms with Crippen molar-refractivity contribution in [1.82, 2.24) is 0 Å². The summed E-state index contributed by atoms with van der Waals surface area (Å²) in [6.07, 6.45) is 0. The SMILES string of the molecule is CC(Sc1ccccc1F)C(=O)Nc1ccc(F)cc1N. The molecule has 1 amide bonds. The fourth-order valence-electron chi connectivity index (χ4n) is 1.67. The van der Waals surface area contributed by atoms with Crippen LogP contribution in [0.2, 0.25) is 0 Å². The normalized spacial score (nSPS) is 12.0. The number of benzene rings is 2. The van der Waals surface area contributed by atoms with Crippen molar-refractivity contribution < 1.29 is 13.6 Å². The zero-order valence-corrected chi connectivity index (χ0v) is 12.1. The molecule has 110 valence electrons. The van der Waals surface area contributed by atoms with Gasteiger partial charge in [-0.05, 0) is 37.3 Å². The molecule has 3 nitrogen and oxygen atoms in total. The minimum Gasteiger partial charge on any atom is -0.397 e. The Morgan fingerprint density at radius 2 is 1.95 bits per heavy atom. The first-order chi connectivity index (χ1) is 9.97. The van der Waals surface area contributed by atoms with E-state index in [1.807, 2.05) is 0 Å². The molecule has 0 heterocycles. The van der Waals surface area contributed by atoms with E-state index in [4.69, 9.17) is 5.73 Å². The van der Waals surface area contributed by atoms with Gasteiger partial charge < -0.3 is 11.1 Å². The van der Waals surface area contributed by atoms with Gasteiger partial charge in [-0.3, -0.25) is 4.79 Å². The van der Waals surface area contributed by atoms with Crippen LogP contribution >= 0.6 is 11.8 Å². The Hall–Kier alpha value is -2.08. The Bertz CT molecular complexity index is 664. The molecule has 2 rings (SSSR count). The topological polar surface area (TPSA) is 55.1 Å². The number of anilines is 2. The molecule has 0 aliphatic carbocycles. The fraction of sp³-hybridized carbons (Fsp3) is 0.133. The van der Waals surface area contributed by atoms with Crippen molar-refractivity contribution >= 4 is 29.0 Å². The average molecular weight is 308 g/mol. The molecule has 0 spiro atoms. The molecule has 21 heavy (non-hydrogen) atoms. The third-order valence-corrected chi connectivity index (χ3v) is 3.93. The lowest BCUT2D eigenvalue weighted by Crippen LogP contribution is -2.23. The number of hydrogen-bond donors (Lipinski definition) is 2. The Balaban J connectivity index is 2.04. The highest BCUT2D eigenvalue weighted by Gasteiger charge is 2.17. The second-order valence-electron chi connectivity index (χ2n) is 4.41. The van der Waals surface area contributed by atoms with Crippen LogP contribution in [-0.2, 0) is 4.79 Å². The summed E-state index contributed by atoms with van der Waals surface area (Å²) in [6, 6.07) is 9.96. The van der Waals surface area contributed by atoms with Crippen LogP contribution in [0.5, 0.6) is 0 Å². The molecule has 6 heteroatoms. The highest BCUT2D eigenvalue weighted by atomic mass is 32.2. The van der Waals surface area contributed by atoms with Crippen molar-refractivity contribution in [3.8, 4) is 0 Å². The first kappa shape index (κ1) is 15.3. The Kier molecular flexibility index (Phi) is 4.80. The largest absolute Gasteiger partial charge is 0.397 e. The smallest absolute Gasteiger partial charge is 0.237 e. The van der Waals surface area contributed by atoms with Gasteiger partial charge in [-0.25, -0.2) is 8.78 Å². The first-order valence-corrected chi connectivity index (χ1v) is 7.12. The third kappa shape index (κ3) is 3.95. The van der Waals surface area contributed by atoms with Gasteiger partial charge in [-0.2, -0.15) is 0 Å². The number of carbonyl (C=O) groups excluding carboxylic acids is 1. The Labute approximate surface area is 125 Å². The zero-order chi connectivity index (χ0) is 15.4. The monoisotopic (exact) mass is 308 g/mol. The van der Waals surface area contributed by atoms with E-state index in [9.17, 15) is 13.6 Å². The molecule has 0 aliphatic heterocycles. The average Bonchev–Trinajstić information content (AvgIpc) is 2.44. The van der Waals surface area contributed by atoms with Crippen LogP contribution in [0.25, 0.3) is 0 Å². The summed E-state index contributed by atoms with van der Waals surface area (Å²) < 4.78 is 26.5. The summed E-state index contributed by atoms with van der Waals surface area (Å²) in [6.45, 7) is 1.66. The van der Waals surface area contributed by atoms with Gasteiger partial charge >= 0.3 is 0 Å². The van der Waals surface area contributed by atoms with Crippen LogP contribution < -0.4 is 11.1 Å². The van der Waals surface area contributed by atoms with E-state index in [0.29, 0.717) is 10.6 Å². The van der Waals surface area contributed by atoms with Gasteiger partial charge in [0.05, 0.1) is 16.6 Å². The summed E-state index contributed by atoms with van der Waals surface area (Å²) in [4.78, 5) is 12.5. The molecule has 1 atom stereocenters. The molecule has 0 saturated carbocycles. The lowest BCUT2D eigenvalue weighted by atomic mass is 10.2. The van der Waals surface area contributed by atoms with E-state index in [-0.39, 0.29) is 17.4 Å². The van der Waals surface area contributed by atoms with Crippen molar-refractivity contribution in [1.29, 1.82) is 0 Å². The van der Waals surface area contributed by atoms with E-state index in [2.05, 4.69) is 5.32 Å². The van der Waals surface area contributed by atoms with Crippen LogP contribution in [0.1, 0.15) is 6.92 Å². The standard InChI is InChI=1S/C15H14F2N2OS/c1-9(21-14-5-3-2-4-11(14)17)15(20)19-13-7-6-10(16)8-12(13)18/h2-9H,18H2,1H3,(H,19,20). The quantitative estimate of drug-likeness (QED) is 0.669. The number of hydrogen-bond acceptors (Lipinski definition) is 3. The predicted molar refractivity (Wildman–Crippen MR) is 81.2 cm³/mol. The summed E-state index contributed by atoms with van der Waals surface area (Å²) >= 11 is 1.10. The summed E-state index contributed by atoms with van der Waals surface area (Å²) in [7, 11) is 0. The maximum absolute atomic E-state index is 13.5. The molecule has 2 aromatic rings. The van der Waals surface area contributed by atoms with Crippen molar-refractivity contribution in [2.45, 2.75) is 17.1 Å². The number of nitrogens with one attached hydrogen (secondary N) is 1. The fourth-order valence-corrected chi connectivity index (χ4v) is 2.55. The van der Waals surface area contributed by atoms with Gasteiger partial charge in [0, 0.05) is 4.90 Å². The summed E-state index contributed by atoms with van der Waals surface area (Å²) in [5.41, 5.74) is 6.11. The second kappa shape index (κ2) is 6.58. The van der Waals surface area contributed by atoms with Crippen LogP contribution in [0.4, 0.5) is 20.2 Å². The number of thioether (sulfide) groups is 1. The van der Waals surface area contributed by atoms with Gasteiger partial charge in [-0.1, -0.05) is 12.1 Å². The van der Waals surface area contributed by atoms with Crippen LogP contribution in [-0.4, -0.2) is 11.2 Å². The number of nitrogen functional groups attached to an aromatic ring is 1. The minimum atomic E-state index is -0.522. The number of amides is 1.